The van der Waals surface area contributed by atoms with Gasteiger partial charge in [0.1, 0.15) is 11.4 Å². The van der Waals surface area contributed by atoms with Crippen molar-refractivity contribution in [3.8, 4) is 0 Å². The standard InChI is InChI=1S/C30H36F2N6O4/c1-18(34-20-5-6-23(31)24(32)15-20)22-13-19(14-25-27(22)36-26(16-33-25)37-9-11-41-12-10-37)28(39)35-21-7-8-38(17-21)29(40)42-30(2,3)4/h5-6,13-16,18,21,34H,7-12,17H2,1-4H3,(H,35,39). The highest BCUT2D eigenvalue weighted by atomic mass is 19.2. The first-order valence-electron chi connectivity index (χ1n) is 14.1. The van der Waals surface area contributed by atoms with E-state index >= 15 is 0 Å². The number of benzene rings is 2. The van der Waals surface area contributed by atoms with Gasteiger partial charge in [-0.25, -0.2) is 18.6 Å². The average molecular weight is 583 g/mol. The molecule has 2 saturated heterocycles. The Labute approximate surface area is 243 Å². The molecule has 0 bridgehead atoms. The number of likely N-dealkylation sites (tertiary alicyclic amines) is 1. The molecule has 2 N–H and O–H groups in total. The molecule has 5 rings (SSSR count). The summed E-state index contributed by atoms with van der Waals surface area (Å²) in [7, 11) is 0. The number of nitrogens with one attached hydrogen (secondary N) is 2. The Balaban J connectivity index is 1.41. The molecule has 2 unspecified atom stereocenters. The van der Waals surface area contributed by atoms with Crippen LogP contribution in [0.1, 0.15) is 56.1 Å². The maximum atomic E-state index is 13.9. The van der Waals surface area contributed by atoms with E-state index in [1.54, 1.807) is 23.2 Å². The van der Waals surface area contributed by atoms with Gasteiger partial charge < -0.3 is 29.9 Å². The normalized spacial score (nSPS) is 18.2. The first-order chi connectivity index (χ1) is 20.0. The van der Waals surface area contributed by atoms with Crippen LogP contribution in [0.3, 0.4) is 0 Å². The van der Waals surface area contributed by atoms with Crippen molar-refractivity contribution in [1.29, 1.82) is 0 Å². The predicted octanol–water partition coefficient (Wildman–Crippen LogP) is 4.66. The van der Waals surface area contributed by atoms with E-state index in [0.717, 1.165) is 12.1 Å². The molecule has 224 valence electrons. The van der Waals surface area contributed by atoms with Crippen molar-refractivity contribution in [3.63, 3.8) is 0 Å². The van der Waals surface area contributed by atoms with Crippen LogP contribution in [0.25, 0.3) is 11.0 Å². The maximum absolute atomic E-state index is 13.9. The van der Waals surface area contributed by atoms with Gasteiger partial charge in [0.2, 0.25) is 0 Å². The van der Waals surface area contributed by atoms with Gasteiger partial charge in [-0.15, -0.1) is 0 Å². The zero-order valence-corrected chi connectivity index (χ0v) is 24.2. The summed E-state index contributed by atoms with van der Waals surface area (Å²) in [4.78, 5) is 39.1. The number of morpholine rings is 1. The van der Waals surface area contributed by atoms with E-state index < -0.39 is 29.4 Å². The third-order valence-electron chi connectivity index (χ3n) is 7.21. The van der Waals surface area contributed by atoms with Crippen LogP contribution in [0.4, 0.5) is 25.1 Å². The first kappa shape index (κ1) is 29.4. The van der Waals surface area contributed by atoms with Crippen molar-refractivity contribution in [2.24, 2.45) is 0 Å². The second-order valence-electron chi connectivity index (χ2n) is 11.6. The molecule has 0 aliphatic carbocycles. The van der Waals surface area contributed by atoms with Gasteiger partial charge in [-0.1, -0.05) is 0 Å². The number of hydrogen-bond donors (Lipinski definition) is 2. The molecule has 2 aromatic carbocycles. The molecule has 1 aromatic heterocycles. The van der Waals surface area contributed by atoms with E-state index in [-0.39, 0.29) is 11.9 Å². The molecule has 0 spiro atoms. The minimum atomic E-state index is -0.962. The molecule has 3 aromatic rings. The molecule has 12 heteroatoms. The van der Waals surface area contributed by atoms with Gasteiger partial charge in [-0.05, 0) is 58.4 Å². The van der Waals surface area contributed by atoms with Crippen LogP contribution in [0.5, 0.6) is 0 Å². The molecule has 2 amide bonds. The van der Waals surface area contributed by atoms with Crippen LogP contribution in [0, 0.1) is 11.6 Å². The van der Waals surface area contributed by atoms with Crippen LogP contribution in [-0.4, -0.2) is 77.9 Å². The van der Waals surface area contributed by atoms with Gasteiger partial charge in [0, 0.05) is 55.1 Å². The Morgan fingerprint density at radius 2 is 1.86 bits per heavy atom. The lowest BCUT2D eigenvalue weighted by atomic mass is 10.0. The number of fused-ring (bicyclic) bond motifs is 1. The van der Waals surface area contributed by atoms with Gasteiger partial charge in [0.15, 0.2) is 11.6 Å². The molecular weight excluding hydrogens is 546 g/mol. The van der Waals surface area contributed by atoms with Crippen molar-refractivity contribution in [2.75, 3.05) is 49.6 Å². The van der Waals surface area contributed by atoms with Crippen molar-refractivity contribution in [2.45, 2.75) is 51.8 Å². The van der Waals surface area contributed by atoms with Crippen LogP contribution in [0.2, 0.25) is 0 Å². The molecule has 3 heterocycles. The molecule has 2 atom stereocenters. The highest BCUT2D eigenvalue weighted by Gasteiger charge is 2.31. The Kier molecular flexibility index (Phi) is 8.44. The van der Waals surface area contributed by atoms with Gasteiger partial charge in [-0.2, -0.15) is 0 Å². The van der Waals surface area contributed by atoms with Crippen LogP contribution >= 0.6 is 0 Å². The molecular formula is C30H36F2N6O4. The van der Waals surface area contributed by atoms with Crippen LogP contribution in [0.15, 0.2) is 36.5 Å². The predicted molar refractivity (Wildman–Crippen MR) is 155 cm³/mol. The van der Waals surface area contributed by atoms with E-state index in [4.69, 9.17) is 14.5 Å². The summed E-state index contributed by atoms with van der Waals surface area (Å²) in [6.45, 7) is 10.7. The number of anilines is 2. The number of hydrogen-bond acceptors (Lipinski definition) is 8. The SMILES string of the molecule is CC(Nc1ccc(F)c(F)c1)c1cc(C(=O)NC2CCN(C(=O)OC(C)(C)C)C2)cc2ncc(N3CCOCC3)nc12. The number of amides is 2. The first-order valence-corrected chi connectivity index (χ1v) is 14.1. The Bertz CT molecular complexity index is 1470. The van der Waals surface area contributed by atoms with Crippen LogP contribution in [-0.2, 0) is 9.47 Å². The van der Waals surface area contributed by atoms with Crippen molar-refractivity contribution in [3.05, 3.63) is 59.3 Å². The summed E-state index contributed by atoms with van der Waals surface area (Å²) in [6.07, 6.45) is 1.88. The van der Waals surface area contributed by atoms with Gasteiger partial charge in [0.25, 0.3) is 5.91 Å². The summed E-state index contributed by atoms with van der Waals surface area (Å²) in [5, 5.41) is 6.23. The van der Waals surface area contributed by atoms with Gasteiger partial charge >= 0.3 is 6.09 Å². The van der Waals surface area contributed by atoms with Crippen molar-refractivity contribution >= 4 is 34.5 Å². The monoisotopic (exact) mass is 582 g/mol. The van der Waals surface area contributed by atoms with Gasteiger partial charge in [0.05, 0.1) is 36.5 Å². The summed E-state index contributed by atoms with van der Waals surface area (Å²) in [5.41, 5.74) is 1.94. The van der Waals surface area contributed by atoms with E-state index in [0.29, 0.717) is 79.5 Å². The number of ether oxygens (including phenoxy) is 2. The molecule has 2 aliphatic heterocycles. The molecule has 2 fully saturated rings. The minimum Gasteiger partial charge on any atom is -0.444 e. The van der Waals surface area contributed by atoms with Crippen molar-refractivity contribution in [1.82, 2.24) is 20.2 Å². The fraction of sp³-hybridized carbons (Fsp3) is 0.467. The molecule has 0 radical (unpaired) electrons. The highest BCUT2D eigenvalue weighted by Crippen LogP contribution is 2.29. The van der Waals surface area contributed by atoms with Gasteiger partial charge in [-0.3, -0.25) is 9.78 Å². The lowest BCUT2D eigenvalue weighted by Crippen LogP contribution is -2.40. The molecule has 0 saturated carbocycles. The number of carbonyl (C=O) groups excluding carboxylic acids is 2. The fourth-order valence-corrected chi connectivity index (χ4v) is 5.09. The van der Waals surface area contributed by atoms with E-state index in [2.05, 4.69) is 20.5 Å². The quantitative estimate of drug-likeness (QED) is 0.432. The highest BCUT2D eigenvalue weighted by molar-refractivity contribution is 5.98. The lowest BCUT2D eigenvalue weighted by molar-refractivity contribution is 0.0290. The minimum absolute atomic E-state index is 0.239. The maximum Gasteiger partial charge on any atom is 0.410 e. The lowest BCUT2D eigenvalue weighted by Gasteiger charge is -2.28. The molecule has 10 nitrogen and oxygen atoms in total. The van der Waals surface area contributed by atoms with Crippen LogP contribution < -0.4 is 15.5 Å². The van der Waals surface area contributed by atoms with E-state index in [1.165, 1.54) is 6.07 Å². The van der Waals surface area contributed by atoms with Crippen molar-refractivity contribution < 1.29 is 27.8 Å². The summed E-state index contributed by atoms with van der Waals surface area (Å²) in [5.74, 6) is -1.52. The Morgan fingerprint density at radius 3 is 2.57 bits per heavy atom. The summed E-state index contributed by atoms with van der Waals surface area (Å²) >= 11 is 0. The zero-order valence-electron chi connectivity index (χ0n) is 24.2. The smallest absolute Gasteiger partial charge is 0.410 e. The summed E-state index contributed by atoms with van der Waals surface area (Å²) in [6, 6.07) is 6.36. The van der Waals surface area contributed by atoms with E-state index in [1.807, 2.05) is 27.7 Å². The number of rotatable bonds is 6. The number of halogens is 2. The second-order valence-corrected chi connectivity index (χ2v) is 11.6. The molecule has 42 heavy (non-hydrogen) atoms. The second kappa shape index (κ2) is 12.0. The summed E-state index contributed by atoms with van der Waals surface area (Å²) < 4.78 is 38.4. The van der Waals surface area contributed by atoms with E-state index in [9.17, 15) is 18.4 Å². The third-order valence-corrected chi connectivity index (χ3v) is 7.21. The number of nitrogens with zero attached hydrogens (tertiary/aromatic N) is 4. The fourth-order valence-electron chi connectivity index (χ4n) is 5.09. The number of aromatic nitrogens is 2. The number of carbonyl (C=O) groups is 2. The zero-order chi connectivity index (χ0) is 30.0. The third kappa shape index (κ3) is 6.87. The molecule has 2 aliphatic rings. The average Bonchev–Trinajstić information content (AvgIpc) is 3.42. The Morgan fingerprint density at radius 1 is 1.10 bits per heavy atom. The largest absolute Gasteiger partial charge is 0.444 e. The Hall–Kier alpha value is -4.06. The topological polar surface area (TPSA) is 109 Å².